The van der Waals surface area contributed by atoms with E-state index in [1.807, 2.05) is 0 Å². The second-order valence-electron chi connectivity index (χ2n) is 4.93. The van der Waals surface area contributed by atoms with E-state index in [2.05, 4.69) is 12.2 Å². The summed E-state index contributed by atoms with van der Waals surface area (Å²) < 4.78 is 0. The maximum atomic E-state index is 11.8. The van der Waals surface area contributed by atoms with Gasteiger partial charge in [0.1, 0.15) is 0 Å². The molecule has 0 aliphatic carbocycles. The van der Waals surface area contributed by atoms with Crippen LogP contribution in [-0.2, 0) is 14.4 Å². The van der Waals surface area contributed by atoms with Crippen LogP contribution in [0.2, 0.25) is 0 Å². The predicted octanol–water partition coefficient (Wildman–Crippen LogP) is 0.0167. The van der Waals surface area contributed by atoms with Crippen LogP contribution in [0.3, 0.4) is 0 Å². The van der Waals surface area contributed by atoms with Gasteiger partial charge in [0.2, 0.25) is 5.91 Å². The van der Waals surface area contributed by atoms with Crippen molar-refractivity contribution in [2.24, 2.45) is 11.7 Å². The fourth-order valence-corrected chi connectivity index (χ4v) is 2.16. The quantitative estimate of drug-likeness (QED) is 0.544. The van der Waals surface area contributed by atoms with Crippen molar-refractivity contribution in [2.45, 2.75) is 39.0 Å². The maximum Gasteiger partial charge on any atom is 0.311 e. The molecular weight excluding hydrogens is 246 g/mol. The first-order valence-corrected chi connectivity index (χ1v) is 6.92. The van der Waals surface area contributed by atoms with Crippen LogP contribution in [0.4, 0.5) is 0 Å². The summed E-state index contributed by atoms with van der Waals surface area (Å²) in [6.45, 7) is 3.47. The summed E-state index contributed by atoms with van der Waals surface area (Å²) in [5.41, 5.74) is 5.22. The fourth-order valence-electron chi connectivity index (χ4n) is 2.16. The third-order valence-electron chi connectivity index (χ3n) is 3.44. The topological polar surface area (TPSA) is 92.5 Å². The van der Waals surface area contributed by atoms with E-state index in [0.717, 1.165) is 19.3 Å². The van der Waals surface area contributed by atoms with Gasteiger partial charge < -0.3 is 16.0 Å². The number of likely N-dealkylation sites (tertiary alicyclic amines) is 1. The molecule has 1 heterocycles. The molecule has 1 aliphatic heterocycles. The third-order valence-corrected chi connectivity index (χ3v) is 3.44. The summed E-state index contributed by atoms with van der Waals surface area (Å²) in [6, 6.07) is 0. The van der Waals surface area contributed by atoms with Crippen LogP contribution >= 0.6 is 0 Å². The van der Waals surface area contributed by atoms with Crippen LogP contribution in [0.25, 0.3) is 0 Å². The van der Waals surface area contributed by atoms with Crippen LogP contribution < -0.4 is 11.1 Å². The van der Waals surface area contributed by atoms with Crippen molar-refractivity contribution in [2.75, 3.05) is 19.6 Å². The molecule has 1 saturated heterocycles. The molecule has 0 unspecified atom stereocenters. The van der Waals surface area contributed by atoms with E-state index in [1.165, 1.54) is 4.90 Å². The zero-order valence-corrected chi connectivity index (χ0v) is 11.5. The summed E-state index contributed by atoms with van der Waals surface area (Å²) in [5.74, 6) is -1.54. The number of piperidine rings is 1. The molecule has 6 heteroatoms. The van der Waals surface area contributed by atoms with Gasteiger partial charge in [0.25, 0.3) is 0 Å². The monoisotopic (exact) mass is 269 g/mol. The van der Waals surface area contributed by atoms with Gasteiger partial charge in [-0.15, -0.1) is 0 Å². The number of hydrogen-bond acceptors (Lipinski definition) is 3. The Labute approximate surface area is 113 Å². The minimum atomic E-state index is -0.548. The summed E-state index contributed by atoms with van der Waals surface area (Å²) in [6.07, 6.45) is 4.09. The highest BCUT2D eigenvalue weighted by Crippen LogP contribution is 2.16. The van der Waals surface area contributed by atoms with E-state index in [4.69, 9.17) is 5.73 Å². The van der Waals surface area contributed by atoms with Gasteiger partial charge in [0.15, 0.2) is 0 Å². The van der Waals surface area contributed by atoms with E-state index >= 15 is 0 Å². The summed E-state index contributed by atoms with van der Waals surface area (Å²) in [4.78, 5) is 36.0. The highest BCUT2D eigenvalue weighted by molar-refractivity contribution is 6.35. The SMILES string of the molecule is CCCCCNC(=O)C(=O)N1CCC(C(N)=O)CC1. The van der Waals surface area contributed by atoms with Gasteiger partial charge in [-0.25, -0.2) is 0 Å². The summed E-state index contributed by atoms with van der Waals surface area (Å²) >= 11 is 0. The van der Waals surface area contributed by atoms with Crippen LogP contribution in [0, 0.1) is 5.92 Å². The second-order valence-corrected chi connectivity index (χ2v) is 4.93. The number of primary amides is 1. The number of nitrogens with two attached hydrogens (primary N) is 1. The van der Waals surface area contributed by atoms with Crippen molar-refractivity contribution in [3.8, 4) is 0 Å². The minimum Gasteiger partial charge on any atom is -0.369 e. The summed E-state index contributed by atoms with van der Waals surface area (Å²) in [7, 11) is 0. The van der Waals surface area contributed by atoms with Gasteiger partial charge in [-0.2, -0.15) is 0 Å². The maximum absolute atomic E-state index is 11.8. The Bertz CT molecular complexity index is 336. The van der Waals surface area contributed by atoms with E-state index in [-0.39, 0.29) is 11.8 Å². The molecule has 0 bridgehead atoms. The average Bonchev–Trinajstić information content (AvgIpc) is 2.42. The zero-order chi connectivity index (χ0) is 14.3. The number of nitrogens with zero attached hydrogens (tertiary/aromatic N) is 1. The van der Waals surface area contributed by atoms with Gasteiger partial charge >= 0.3 is 11.8 Å². The number of amides is 3. The van der Waals surface area contributed by atoms with Crippen LogP contribution in [0.1, 0.15) is 39.0 Å². The van der Waals surface area contributed by atoms with E-state index in [1.54, 1.807) is 0 Å². The Kier molecular flexibility index (Phi) is 6.32. The first kappa shape index (κ1) is 15.5. The van der Waals surface area contributed by atoms with Gasteiger partial charge in [-0.3, -0.25) is 14.4 Å². The molecule has 0 aromatic rings. The van der Waals surface area contributed by atoms with E-state index in [0.29, 0.717) is 32.5 Å². The predicted molar refractivity (Wildman–Crippen MR) is 71.0 cm³/mol. The number of hydrogen-bond donors (Lipinski definition) is 2. The van der Waals surface area contributed by atoms with Crippen molar-refractivity contribution in [1.82, 2.24) is 10.2 Å². The van der Waals surface area contributed by atoms with E-state index < -0.39 is 11.8 Å². The minimum absolute atomic E-state index is 0.170. The Hall–Kier alpha value is -1.59. The van der Waals surface area contributed by atoms with Gasteiger partial charge in [0.05, 0.1) is 0 Å². The first-order valence-electron chi connectivity index (χ1n) is 6.92. The van der Waals surface area contributed by atoms with E-state index in [9.17, 15) is 14.4 Å². The van der Waals surface area contributed by atoms with Gasteiger partial charge in [0, 0.05) is 25.6 Å². The Morgan fingerprint density at radius 1 is 1.21 bits per heavy atom. The third kappa shape index (κ3) is 4.89. The molecule has 0 spiro atoms. The van der Waals surface area contributed by atoms with Gasteiger partial charge in [-0.05, 0) is 19.3 Å². The highest BCUT2D eigenvalue weighted by Gasteiger charge is 2.28. The lowest BCUT2D eigenvalue weighted by Gasteiger charge is -2.29. The molecule has 3 amide bonds. The molecule has 3 N–H and O–H groups in total. The number of nitrogens with one attached hydrogen (secondary N) is 1. The number of rotatable bonds is 5. The number of carbonyl (C=O) groups is 3. The standard InChI is InChI=1S/C13H23N3O3/c1-2-3-4-7-15-12(18)13(19)16-8-5-10(6-9-16)11(14)17/h10H,2-9H2,1H3,(H2,14,17)(H,15,18). The van der Waals surface area contributed by atoms with Crippen LogP contribution in [0.5, 0.6) is 0 Å². The molecular formula is C13H23N3O3. The van der Waals surface area contributed by atoms with Crippen LogP contribution in [0.15, 0.2) is 0 Å². The fraction of sp³-hybridized carbons (Fsp3) is 0.769. The zero-order valence-electron chi connectivity index (χ0n) is 11.5. The van der Waals surface area contributed by atoms with Crippen molar-refractivity contribution in [3.05, 3.63) is 0 Å². The smallest absolute Gasteiger partial charge is 0.311 e. The van der Waals surface area contributed by atoms with Crippen molar-refractivity contribution >= 4 is 17.7 Å². The Morgan fingerprint density at radius 3 is 2.37 bits per heavy atom. The highest BCUT2D eigenvalue weighted by atomic mass is 16.2. The molecule has 1 rings (SSSR count). The first-order chi connectivity index (χ1) is 9.06. The molecule has 19 heavy (non-hydrogen) atoms. The Balaban J connectivity index is 2.30. The van der Waals surface area contributed by atoms with Crippen molar-refractivity contribution in [3.63, 3.8) is 0 Å². The molecule has 0 radical (unpaired) electrons. The molecule has 6 nitrogen and oxygen atoms in total. The normalized spacial score (nSPS) is 16.2. The molecule has 0 saturated carbocycles. The molecule has 0 aromatic carbocycles. The largest absolute Gasteiger partial charge is 0.369 e. The lowest BCUT2D eigenvalue weighted by atomic mass is 9.96. The van der Waals surface area contributed by atoms with Crippen molar-refractivity contribution < 1.29 is 14.4 Å². The Morgan fingerprint density at radius 2 is 1.84 bits per heavy atom. The average molecular weight is 269 g/mol. The lowest BCUT2D eigenvalue weighted by Crippen LogP contribution is -2.47. The van der Waals surface area contributed by atoms with Crippen LogP contribution in [-0.4, -0.2) is 42.3 Å². The summed E-state index contributed by atoms with van der Waals surface area (Å²) in [5, 5.41) is 2.63. The van der Waals surface area contributed by atoms with Crippen molar-refractivity contribution in [1.29, 1.82) is 0 Å². The molecule has 0 aromatic heterocycles. The second kappa shape index (κ2) is 7.76. The molecule has 1 fully saturated rings. The number of carbonyl (C=O) groups excluding carboxylic acids is 3. The van der Waals surface area contributed by atoms with Gasteiger partial charge in [-0.1, -0.05) is 19.8 Å². The molecule has 108 valence electrons. The number of unbranched alkanes of at least 4 members (excludes halogenated alkanes) is 2. The molecule has 0 atom stereocenters. The molecule has 1 aliphatic rings. The lowest BCUT2D eigenvalue weighted by molar-refractivity contribution is -0.147.